The molecule has 0 bridgehead atoms. The molecule has 0 unspecified atom stereocenters. The lowest BCUT2D eigenvalue weighted by molar-refractivity contribution is 0.699. The van der Waals surface area contributed by atoms with E-state index in [9.17, 15) is 15.3 Å². The van der Waals surface area contributed by atoms with Gasteiger partial charge in [0.1, 0.15) is 5.92 Å². The SMILES string of the molecule is Cc1[nH]n(-c2ncc(-c3ccc(Cl)cc3)s2)c(=O)c1[C@H](c1ccccc1)C(C#N)C#N. The monoisotopic (exact) mass is 445 g/mol. The van der Waals surface area contributed by atoms with Crippen LogP contribution in [0.25, 0.3) is 15.6 Å². The van der Waals surface area contributed by atoms with E-state index < -0.39 is 11.8 Å². The molecule has 2 aromatic carbocycles. The van der Waals surface area contributed by atoms with Gasteiger partial charge in [0, 0.05) is 28.4 Å². The average molecular weight is 446 g/mol. The fraction of sp³-hybridized carbons (Fsp3) is 0.130. The molecule has 0 spiro atoms. The van der Waals surface area contributed by atoms with Gasteiger partial charge in [-0.1, -0.05) is 65.4 Å². The molecule has 0 radical (unpaired) electrons. The van der Waals surface area contributed by atoms with Crippen molar-refractivity contribution < 1.29 is 0 Å². The summed E-state index contributed by atoms with van der Waals surface area (Å²) in [5.74, 6) is -1.67. The van der Waals surface area contributed by atoms with Crippen molar-refractivity contribution in [2.75, 3.05) is 0 Å². The molecule has 8 heteroatoms. The summed E-state index contributed by atoms with van der Waals surface area (Å²) < 4.78 is 1.37. The Labute approximate surface area is 187 Å². The van der Waals surface area contributed by atoms with Gasteiger partial charge in [-0.2, -0.15) is 15.2 Å². The van der Waals surface area contributed by atoms with E-state index in [4.69, 9.17) is 11.6 Å². The summed E-state index contributed by atoms with van der Waals surface area (Å²) in [6.07, 6.45) is 1.70. The van der Waals surface area contributed by atoms with Crippen molar-refractivity contribution in [3.63, 3.8) is 0 Å². The maximum absolute atomic E-state index is 13.4. The highest BCUT2D eigenvalue weighted by atomic mass is 35.5. The van der Waals surface area contributed by atoms with Crippen LogP contribution in [0.15, 0.2) is 65.6 Å². The molecule has 31 heavy (non-hydrogen) atoms. The Morgan fingerprint density at radius 1 is 1.10 bits per heavy atom. The molecule has 4 aromatic rings. The third kappa shape index (κ3) is 3.89. The number of halogens is 1. The van der Waals surface area contributed by atoms with E-state index in [-0.39, 0.29) is 5.56 Å². The number of thiazole rings is 1. The van der Waals surface area contributed by atoms with Crippen LogP contribution in [0.2, 0.25) is 5.02 Å². The van der Waals surface area contributed by atoms with Crippen molar-refractivity contribution in [1.29, 1.82) is 10.5 Å². The molecular formula is C23H16ClN5OS. The van der Waals surface area contributed by atoms with Gasteiger partial charge in [-0.15, -0.1) is 0 Å². The number of hydrogen-bond acceptors (Lipinski definition) is 5. The lowest BCUT2D eigenvalue weighted by Gasteiger charge is -2.16. The predicted octanol–water partition coefficient (Wildman–Crippen LogP) is 5.05. The maximum Gasteiger partial charge on any atom is 0.277 e. The highest BCUT2D eigenvalue weighted by Gasteiger charge is 2.31. The highest BCUT2D eigenvalue weighted by molar-refractivity contribution is 7.17. The first kappa shape index (κ1) is 20.6. The van der Waals surface area contributed by atoms with Crippen molar-refractivity contribution in [3.05, 3.63) is 93.0 Å². The Balaban J connectivity index is 1.80. The van der Waals surface area contributed by atoms with Gasteiger partial charge in [0.25, 0.3) is 5.56 Å². The molecule has 1 atom stereocenters. The van der Waals surface area contributed by atoms with Crippen molar-refractivity contribution in [3.8, 4) is 27.7 Å². The number of hydrogen-bond donors (Lipinski definition) is 1. The van der Waals surface area contributed by atoms with Crippen LogP contribution in [0.5, 0.6) is 0 Å². The van der Waals surface area contributed by atoms with Crippen molar-refractivity contribution in [2.45, 2.75) is 12.8 Å². The van der Waals surface area contributed by atoms with Gasteiger partial charge in [0.2, 0.25) is 5.13 Å². The van der Waals surface area contributed by atoms with Gasteiger partial charge in [-0.05, 0) is 30.2 Å². The molecular weight excluding hydrogens is 430 g/mol. The van der Waals surface area contributed by atoms with Gasteiger partial charge < -0.3 is 0 Å². The minimum atomic E-state index is -1.00. The van der Waals surface area contributed by atoms with E-state index in [1.807, 2.05) is 54.6 Å². The van der Waals surface area contributed by atoms with E-state index in [1.54, 1.807) is 25.3 Å². The molecule has 0 fully saturated rings. The lowest BCUT2D eigenvalue weighted by Crippen LogP contribution is -2.23. The summed E-state index contributed by atoms with van der Waals surface area (Å²) in [4.78, 5) is 18.7. The number of rotatable bonds is 5. The van der Waals surface area contributed by atoms with E-state index in [0.717, 1.165) is 16.0 Å². The third-order valence-electron chi connectivity index (χ3n) is 5.01. The molecule has 152 valence electrons. The zero-order chi connectivity index (χ0) is 22.0. The number of nitrogens with zero attached hydrogens (tertiary/aromatic N) is 4. The number of H-pyrrole nitrogens is 1. The molecule has 6 nitrogen and oxygen atoms in total. The summed E-state index contributed by atoms with van der Waals surface area (Å²) in [6.45, 7) is 1.77. The summed E-state index contributed by atoms with van der Waals surface area (Å²) in [7, 11) is 0. The third-order valence-corrected chi connectivity index (χ3v) is 6.30. The Morgan fingerprint density at radius 3 is 2.42 bits per heavy atom. The molecule has 2 aromatic heterocycles. The first-order chi connectivity index (χ1) is 15.0. The molecule has 2 heterocycles. The van der Waals surface area contributed by atoms with Gasteiger partial charge in [0.15, 0.2) is 0 Å². The molecule has 0 saturated heterocycles. The van der Waals surface area contributed by atoms with E-state index in [2.05, 4.69) is 10.1 Å². The van der Waals surface area contributed by atoms with E-state index in [0.29, 0.717) is 21.4 Å². The topological polar surface area (TPSA) is 98.3 Å². The van der Waals surface area contributed by atoms with Crippen molar-refractivity contribution >= 4 is 22.9 Å². The molecule has 1 N–H and O–H groups in total. The Morgan fingerprint density at radius 2 is 1.77 bits per heavy atom. The van der Waals surface area contributed by atoms with Crippen LogP contribution in [0, 0.1) is 35.5 Å². The summed E-state index contributed by atoms with van der Waals surface area (Å²) >= 11 is 7.32. The van der Waals surface area contributed by atoms with Crippen molar-refractivity contribution in [2.24, 2.45) is 5.92 Å². The van der Waals surface area contributed by atoms with Crippen LogP contribution >= 0.6 is 22.9 Å². The fourth-order valence-electron chi connectivity index (χ4n) is 3.54. The summed E-state index contributed by atoms with van der Waals surface area (Å²) in [6, 6.07) is 20.6. The molecule has 0 aliphatic carbocycles. The standard InChI is InChI=1S/C23H16ClN5OS/c1-14-20(21(17(11-25)12-26)16-5-3-2-4-6-16)22(30)29(28-14)23-27-13-19(31-23)15-7-9-18(24)10-8-15/h2-10,13,17,21,28H,1H3/t21-/m1/s1. The van der Waals surface area contributed by atoms with Crippen LogP contribution in [-0.4, -0.2) is 14.8 Å². The molecule has 0 aliphatic rings. The Hall–Kier alpha value is -3.65. The number of nitrogens with one attached hydrogen (secondary N) is 1. The largest absolute Gasteiger partial charge is 0.293 e. The second-order valence-corrected chi connectivity index (χ2v) is 8.37. The van der Waals surface area contributed by atoms with Gasteiger partial charge in [0.05, 0.1) is 17.0 Å². The van der Waals surface area contributed by atoms with Crippen molar-refractivity contribution in [1.82, 2.24) is 14.8 Å². The Bertz CT molecular complexity index is 1340. The van der Waals surface area contributed by atoms with Crippen LogP contribution in [0.4, 0.5) is 0 Å². The van der Waals surface area contributed by atoms with E-state index >= 15 is 0 Å². The molecule has 0 aliphatic heterocycles. The first-order valence-corrected chi connectivity index (χ1v) is 10.6. The minimum absolute atomic E-state index is 0.321. The zero-order valence-corrected chi connectivity index (χ0v) is 18.0. The predicted molar refractivity (Wildman–Crippen MR) is 120 cm³/mol. The number of benzene rings is 2. The van der Waals surface area contributed by atoms with Crippen LogP contribution in [0.1, 0.15) is 22.7 Å². The van der Waals surface area contributed by atoms with Gasteiger partial charge in [-0.25, -0.2) is 4.98 Å². The first-order valence-electron chi connectivity index (χ1n) is 9.41. The smallest absolute Gasteiger partial charge is 0.277 e. The Kier molecular flexibility index (Phi) is 5.73. The van der Waals surface area contributed by atoms with Crippen LogP contribution in [-0.2, 0) is 0 Å². The van der Waals surface area contributed by atoms with Gasteiger partial charge in [-0.3, -0.25) is 9.89 Å². The fourth-order valence-corrected chi connectivity index (χ4v) is 4.55. The van der Waals surface area contributed by atoms with E-state index in [1.165, 1.54) is 16.0 Å². The minimum Gasteiger partial charge on any atom is -0.293 e. The molecule has 0 saturated carbocycles. The zero-order valence-electron chi connectivity index (χ0n) is 16.4. The summed E-state index contributed by atoms with van der Waals surface area (Å²) in [5.41, 5.74) is 2.35. The number of nitriles is 2. The van der Waals surface area contributed by atoms with Gasteiger partial charge >= 0.3 is 0 Å². The maximum atomic E-state index is 13.4. The normalized spacial score (nSPS) is 11.8. The second kappa shape index (κ2) is 8.61. The number of aromatic nitrogens is 3. The number of aryl methyl sites for hydroxylation is 1. The second-order valence-electron chi connectivity index (χ2n) is 6.93. The highest BCUT2D eigenvalue weighted by Crippen LogP contribution is 2.33. The molecule has 0 amide bonds. The van der Waals surface area contributed by atoms with Crippen LogP contribution in [0.3, 0.4) is 0 Å². The summed E-state index contributed by atoms with van der Waals surface area (Å²) in [5, 5.41) is 23.3. The quantitative estimate of drug-likeness (QED) is 0.464. The average Bonchev–Trinajstić information content (AvgIpc) is 3.38. The van der Waals surface area contributed by atoms with Crippen LogP contribution < -0.4 is 5.56 Å². The molecule has 4 rings (SSSR count). The number of aromatic amines is 1. The lowest BCUT2D eigenvalue weighted by atomic mass is 9.82.